The van der Waals surface area contributed by atoms with Crippen LogP contribution in [0.1, 0.15) is 19.4 Å². The van der Waals surface area contributed by atoms with E-state index in [0.29, 0.717) is 19.7 Å². The summed E-state index contributed by atoms with van der Waals surface area (Å²) in [5, 5.41) is 8.37. The van der Waals surface area contributed by atoms with Gasteiger partial charge in [-0.05, 0) is 26.0 Å². The van der Waals surface area contributed by atoms with Crippen LogP contribution in [0.15, 0.2) is 18.3 Å². The summed E-state index contributed by atoms with van der Waals surface area (Å²) in [4.78, 5) is 13.8. The molecular formula is C17H25N5O2. The molecule has 0 spiro atoms. The maximum atomic E-state index is 12.1. The van der Waals surface area contributed by atoms with Crippen LogP contribution < -0.4 is 15.8 Å². The zero-order chi connectivity index (χ0) is 17.3. The van der Waals surface area contributed by atoms with Crippen molar-refractivity contribution in [2.24, 2.45) is 5.73 Å². The summed E-state index contributed by atoms with van der Waals surface area (Å²) in [6, 6.07) is 3.94. The van der Waals surface area contributed by atoms with Gasteiger partial charge < -0.3 is 20.7 Å². The Morgan fingerprint density at radius 1 is 1.58 bits per heavy atom. The highest BCUT2D eigenvalue weighted by Gasteiger charge is 2.28. The molecule has 2 aromatic rings. The molecule has 1 aromatic heterocycles. The Hall–Kier alpha value is -2.28. The number of likely N-dealkylation sites (N-methyl/N-ethyl adjacent to an activating group) is 1. The maximum Gasteiger partial charge on any atom is 0.317 e. The SMILES string of the molecule is CCNC(=O)N(C)C1COc2ccc3cnn(CC(C)N)c3c2C1. The number of hydrogen-bond acceptors (Lipinski definition) is 4. The second kappa shape index (κ2) is 6.68. The molecule has 24 heavy (non-hydrogen) atoms. The van der Waals surface area contributed by atoms with Gasteiger partial charge >= 0.3 is 6.03 Å². The van der Waals surface area contributed by atoms with Gasteiger partial charge in [-0.1, -0.05) is 0 Å². The topological polar surface area (TPSA) is 85.4 Å². The average molecular weight is 331 g/mol. The summed E-state index contributed by atoms with van der Waals surface area (Å²) < 4.78 is 7.87. The van der Waals surface area contributed by atoms with Crippen molar-refractivity contribution in [1.82, 2.24) is 20.0 Å². The van der Waals surface area contributed by atoms with Gasteiger partial charge in [-0.25, -0.2) is 4.79 Å². The quantitative estimate of drug-likeness (QED) is 0.885. The van der Waals surface area contributed by atoms with Crippen molar-refractivity contribution in [3.63, 3.8) is 0 Å². The van der Waals surface area contributed by atoms with E-state index in [0.717, 1.165) is 28.6 Å². The first kappa shape index (κ1) is 16.6. The lowest BCUT2D eigenvalue weighted by Crippen LogP contribution is -2.48. The minimum atomic E-state index is -0.0780. The monoisotopic (exact) mass is 331 g/mol. The van der Waals surface area contributed by atoms with Crippen LogP contribution in [0.3, 0.4) is 0 Å². The van der Waals surface area contributed by atoms with Crippen LogP contribution in [0.5, 0.6) is 5.75 Å². The minimum Gasteiger partial charge on any atom is -0.491 e. The number of carbonyl (C=O) groups excluding carboxylic acids is 1. The van der Waals surface area contributed by atoms with Gasteiger partial charge in [0.25, 0.3) is 0 Å². The zero-order valence-corrected chi connectivity index (χ0v) is 14.5. The van der Waals surface area contributed by atoms with Crippen LogP contribution in [0.2, 0.25) is 0 Å². The van der Waals surface area contributed by atoms with E-state index in [9.17, 15) is 4.79 Å². The van der Waals surface area contributed by atoms with Gasteiger partial charge in [0.1, 0.15) is 12.4 Å². The number of urea groups is 1. The Bertz CT molecular complexity index is 740. The number of amides is 2. The highest BCUT2D eigenvalue weighted by atomic mass is 16.5. The first-order valence-corrected chi connectivity index (χ1v) is 8.37. The molecule has 0 fully saturated rings. The fourth-order valence-corrected chi connectivity index (χ4v) is 3.15. The number of nitrogens with two attached hydrogens (primary N) is 1. The van der Waals surface area contributed by atoms with Crippen molar-refractivity contribution in [3.8, 4) is 5.75 Å². The van der Waals surface area contributed by atoms with Gasteiger partial charge in [0.05, 0.1) is 24.3 Å². The standard InChI is InChI=1S/C17H25N5O2/c1-4-19-17(23)21(3)13-7-14-15(24-10-13)6-5-12-8-20-22(16(12)14)9-11(2)18/h5-6,8,11,13H,4,7,9-10,18H2,1-3H3,(H,19,23). The molecule has 0 bridgehead atoms. The fourth-order valence-electron chi connectivity index (χ4n) is 3.15. The lowest BCUT2D eigenvalue weighted by molar-refractivity contribution is 0.147. The van der Waals surface area contributed by atoms with Crippen LogP contribution in [0, 0.1) is 0 Å². The lowest BCUT2D eigenvalue weighted by Gasteiger charge is -2.33. The van der Waals surface area contributed by atoms with E-state index in [2.05, 4.69) is 10.4 Å². The first-order valence-electron chi connectivity index (χ1n) is 8.37. The summed E-state index contributed by atoms with van der Waals surface area (Å²) >= 11 is 0. The van der Waals surface area contributed by atoms with Gasteiger partial charge in [0.15, 0.2) is 0 Å². The van der Waals surface area contributed by atoms with E-state index >= 15 is 0 Å². The van der Waals surface area contributed by atoms with Crippen molar-refractivity contribution in [1.29, 1.82) is 0 Å². The molecule has 0 saturated heterocycles. The Morgan fingerprint density at radius 3 is 3.08 bits per heavy atom. The smallest absolute Gasteiger partial charge is 0.317 e. The Balaban J connectivity index is 1.94. The molecule has 3 rings (SSSR count). The van der Waals surface area contributed by atoms with E-state index in [1.807, 2.05) is 43.9 Å². The molecule has 2 heterocycles. The van der Waals surface area contributed by atoms with E-state index in [4.69, 9.17) is 10.5 Å². The third-order valence-electron chi connectivity index (χ3n) is 4.39. The normalized spacial score (nSPS) is 17.9. The highest BCUT2D eigenvalue weighted by Crippen LogP contribution is 2.33. The third-order valence-corrected chi connectivity index (χ3v) is 4.39. The predicted octanol–water partition coefficient (Wildman–Crippen LogP) is 1.35. The summed E-state index contributed by atoms with van der Waals surface area (Å²) in [6.07, 6.45) is 2.60. The number of fused-ring (bicyclic) bond motifs is 3. The van der Waals surface area contributed by atoms with Gasteiger partial charge in [0.2, 0.25) is 0 Å². The summed E-state index contributed by atoms with van der Waals surface area (Å²) in [6.45, 7) is 5.63. The van der Waals surface area contributed by atoms with Gasteiger partial charge in [-0.2, -0.15) is 5.10 Å². The van der Waals surface area contributed by atoms with Gasteiger partial charge in [-0.15, -0.1) is 0 Å². The highest BCUT2D eigenvalue weighted by molar-refractivity contribution is 5.85. The Labute approximate surface area is 141 Å². The fraction of sp³-hybridized carbons (Fsp3) is 0.529. The Morgan fingerprint density at radius 2 is 2.38 bits per heavy atom. The summed E-state index contributed by atoms with van der Waals surface area (Å²) in [7, 11) is 1.81. The van der Waals surface area contributed by atoms with Crippen LogP contribution in [0.25, 0.3) is 10.9 Å². The van der Waals surface area contributed by atoms with Crippen molar-refractivity contribution >= 4 is 16.9 Å². The van der Waals surface area contributed by atoms with Crippen molar-refractivity contribution < 1.29 is 9.53 Å². The number of aromatic nitrogens is 2. The molecule has 0 radical (unpaired) electrons. The molecular weight excluding hydrogens is 306 g/mol. The molecule has 2 amide bonds. The van der Waals surface area contributed by atoms with Crippen LogP contribution in [-0.2, 0) is 13.0 Å². The molecule has 1 aliphatic rings. The first-order chi connectivity index (χ1) is 11.5. The number of benzene rings is 1. The molecule has 2 atom stereocenters. The van der Waals surface area contributed by atoms with Crippen LogP contribution in [0.4, 0.5) is 4.79 Å². The lowest BCUT2D eigenvalue weighted by atomic mass is 9.99. The third kappa shape index (κ3) is 3.03. The molecule has 7 heteroatoms. The van der Waals surface area contributed by atoms with E-state index in [1.54, 1.807) is 4.90 Å². The van der Waals surface area contributed by atoms with Gasteiger partial charge in [0, 0.05) is 37.0 Å². The van der Waals surface area contributed by atoms with E-state index < -0.39 is 0 Å². The number of rotatable bonds is 4. The van der Waals surface area contributed by atoms with E-state index in [-0.39, 0.29) is 18.1 Å². The average Bonchev–Trinajstić information content (AvgIpc) is 2.96. The van der Waals surface area contributed by atoms with Crippen molar-refractivity contribution in [2.75, 3.05) is 20.2 Å². The largest absolute Gasteiger partial charge is 0.491 e. The molecule has 2 unspecified atom stereocenters. The summed E-state index contributed by atoms with van der Waals surface area (Å²) in [5.41, 5.74) is 8.10. The second-order valence-electron chi connectivity index (χ2n) is 6.40. The van der Waals surface area contributed by atoms with E-state index in [1.165, 1.54) is 0 Å². The van der Waals surface area contributed by atoms with Crippen molar-refractivity contribution in [2.45, 2.75) is 38.9 Å². The minimum absolute atomic E-state index is 0.00620. The van der Waals surface area contributed by atoms with Crippen LogP contribution in [-0.4, -0.2) is 53.0 Å². The number of nitrogens with one attached hydrogen (secondary N) is 1. The van der Waals surface area contributed by atoms with Gasteiger partial charge in [-0.3, -0.25) is 4.68 Å². The summed E-state index contributed by atoms with van der Waals surface area (Å²) in [5.74, 6) is 0.870. The second-order valence-corrected chi connectivity index (χ2v) is 6.40. The molecule has 1 aliphatic heterocycles. The predicted molar refractivity (Wildman–Crippen MR) is 93.2 cm³/mol. The maximum absolute atomic E-state index is 12.1. The van der Waals surface area contributed by atoms with Crippen molar-refractivity contribution in [3.05, 3.63) is 23.9 Å². The molecule has 0 saturated carbocycles. The molecule has 130 valence electrons. The number of hydrogen-bond donors (Lipinski definition) is 2. The molecule has 1 aromatic carbocycles. The molecule has 0 aliphatic carbocycles. The number of carbonyl (C=O) groups is 1. The zero-order valence-electron chi connectivity index (χ0n) is 14.5. The number of ether oxygens (including phenoxy) is 1. The molecule has 3 N–H and O–H groups in total. The molecule has 7 nitrogen and oxygen atoms in total. The van der Waals surface area contributed by atoms with Crippen LogP contribution >= 0.6 is 0 Å². The number of nitrogens with zero attached hydrogens (tertiary/aromatic N) is 3. The Kier molecular flexibility index (Phi) is 4.62.